The molecule has 31 heavy (non-hydrogen) atoms. The topological polar surface area (TPSA) is 94.9 Å². The molecule has 4 rings (SSSR count). The molecule has 3 aromatic carbocycles. The molecule has 3 aromatic rings. The number of aliphatic hydroxyl groups is 1. The van der Waals surface area contributed by atoms with Crippen molar-refractivity contribution in [2.45, 2.75) is 12.5 Å². The monoisotopic (exact) mass is 413 g/mol. The van der Waals surface area contributed by atoms with E-state index < -0.39 is 23.7 Å². The van der Waals surface area contributed by atoms with Gasteiger partial charge in [-0.05, 0) is 23.3 Å². The predicted octanol–water partition coefficient (Wildman–Crippen LogP) is 3.94. The van der Waals surface area contributed by atoms with Crippen LogP contribution in [0.15, 0.2) is 90.5 Å². The van der Waals surface area contributed by atoms with Crippen molar-refractivity contribution in [2.24, 2.45) is 0 Å². The molecule has 0 spiro atoms. The summed E-state index contributed by atoms with van der Waals surface area (Å²) >= 11 is 0. The number of nitrogens with zero attached hydrogens (tertiary/aromatic N) is 1. The Bertz CT molecular complexity index is 1170. The maximum Gasteiger partial charge on any atom is 0.307 e. The number of hydrogen-bond acceptors (Lipinski definition) is 4. The molecule has 1 aliphatic rings. The van der Waals surface area contributed by atoms with E-state index in [1.165, 1.54) is 4.90 Å². The summed E-state index contributed by atoms with van der Waals surface area (Å²) in [6, 6.07) is 23.3. The Balaban J connectivity index is 1.86. The van der Waals surface area contributed by atoms with Gasteiger partial charge in [-0.3, -0.25) is 19.3 Å². The lowest BCUT2D eigenvalue weighted by Gasteiger charge is -2.25. The number of carboxylic acid groups (broad SMARTS) is 1. The summed E-state index contributed by atoms with van der Waals surface area (Å²) in [6.45, 7) is 0. The van der Waals surface area contributed by atoms with Crippen LogP contribution in [0.5, 0.6) is 0 Å². The van der Waals surface area contributed by atoms with Crippen molar-refractivity contribution < 1.29 is 24.6 Å². The summed E-state index contributed by atoms with van der Waals surface area (Å²) in [7, 11) is 0. The van der Waals surface area contributed by atoms with Crippen molar-refractivity contribution in [1.29, 1.82) is 0 Å². The van der Waals surface area contributed by atoms with Crippen LogP contribution in [-0.2, 0) is 20.8 Å². The summed E-state index contributed by atoms with van der Waals surface area (Å²) in [5, 5.41) is 19.9. The van der Waals surface area contributed by atoms with Gasteiger partial charge in [-0.2, -0.15) is 0 Å². The largest absolute Gasteiger partial charge is 0.507 e. The molecule has 1 aliphatic heterocycles. The van der Waals surface area contributed by atoms with Crippen LogP contribution in [0.3, 0.4) is 0 Å². The number of amides is 1. The molecule has 6 heteroatoms. The zero-order valence-electron chi connectivity index (χ0n) is 16.4. The van der Waals surface area contributed by atoms with Gasteiger partial charge in [0.15, 0.2) is 0 Å². The third-order valence-electron chi connectivity index (χ3n) is 5.18. The number of rotatable bonds is 5. The minimum absolute atomic E-state index is 0.0111. The molecule has 1 atom stereocenters. The highest BCUT2D eigenvalue weighted by molar-refractivity contribution is 6.51. The first-order valence-corrected chi connectivity index (χ1v) is 9.69. The van der Waals surface area contributed by atoms with E-state index in [0.29, 0.717) is 22.4 Å². The zero-order valence-corrected chi connectivity index (χ0v) is 16.4. The van der Waals surface area contributed by atoms with Crippen molar-refractivity contribution in [3.05, 3.63) is 107 Å². The van der Waals surface area contributed by atoms with E-state index in [2.05, 4.69) is 0 Å². The Morgan fingerprint density at radius 1 is 0.806 bits per heavy atom. The quantitative estimate of drug-likeness (QED) is 0.375. The average molecular weight is 413 g/mol. The molecule has 0 radical (unpaired) electrons. The first kappa shape index (κ1) is 20.1. The number of aliphatic hydroxyl groups excluding tert-OH is 1. The zero-order chi connectivity index (χ0) is 22.0. The summed E-state index contributed by atoms with van der Waals surface area (Å²) < 4.78 is 0. The van der Waals surface area contributed by atoms with Gasteiger partial charge >= 0.3 is 5.97 Å². The summed E-state index contributed by atoms with van der Waals surface area (Å²) in [5.41, 5.74) is 2.15. The third kappa shape index (κ3) is 3.83. The lowest BCUT2D eigenvalue weighted by atomic mass is 9.95. The molecule has 0 saturated carbocycles. The molecule has 1 fully saturated rings. The molecule has 1 heterocycles. The normalized spacial score (nSPS) is 17.7. The number of carbonyl (C=O) groups is 3. The second-order valence-electron chi connectivity index (χ2n) is 7.18. The molecule has 0 aromatic heterocycles. The van der Waals surface area contributed by atoms with E-state index in [0.717, 1.165) is 0 Å². The van der Waals surface area contributed by atoms with Crippen molar-refractivity contribution in [3.8, 4) is 0 Å². The molecular formula is C25H19NO5. The van der Waals surface area contributed by atoms with Gasteiger partial charge in [-0.25, -0.2) is 0 Å². The first-order valence-electron chi connectivity index (χ1n) is 9.69. The fraction of sp³-hybridized carbons (Fsp3) is 0.0800. The van der Waals surface area contributed by atoms with Crippen LogP contribution in [0.25, 0.3) is 5.76 Å². The second kappa shape index (κ2) is 8.28. The SMILES string of the molecule is O=C(O)Cc1ccc(N2C(=O)C(=O)/C(=C(/O)c3ccccc3)C2c2ccccc2)cc1. The minimum atomic E-state index is -0.958. The number of Topliss-reactive ketones (excluding diaryl/α,β-unsaturated/α-hetero) is 1. The van der Waals surface area contributed by atoms with Crippen LogP contribution in [0.2, 0.25) is 0 Å². The Morgan fingerprint density at radius 2 is 1.39 bits per heavy atom. The van der Waals surface area contributed by atoms with E-state index in [1.807, 2.05) is 6.07 Å². The summed E-state index contributed by atoms with van der Waals surface area (Å²) in [6.07, 6.45) is -0.144. The Labute approximate surface area is 178 Å². The summed E-state index contributed by atoms with van der Waals surface area (Å²) in [5.74, 6) is -2.72. The number of hydrogen-bond donors (Lipinski definition) is 2. The highest BCUT2D eigenvalue weighted by atomic mass is 16.4. The van der Waals surface area contributed by atoms with Crippen molar-refractivity contribution in [1.82, 2.24) is 0 Å². The van der Waals surface area contributed by atoms with Gasteiger partial charge in [0.2, 0.25) is 0 Å². The molecule has 2 N–H and O–H groups in total. The lowest BCUT2D eigenvalue weighted by Crippen LogP contribution is -2.29. The standard InChI is InChI=1S/C25H19NO5/c27-20(28)15-16-11-13-19(14-12-16)26-22(17-7-3-1-4-8-17)21(24(30)25(26)31)23(29)18-9-5-2-6-10-18/h1-14,22,29H,15H2,(H,27,28)/b23-21+. The molecule has 154 valence electrons. The number of ketones is 1. The molecule has 0 aliphatic carbocycles. The lowest BCUT2D eigenvalue weighted by molar-refractivity contribution is -0.136. The number of benzene rings is 3. The molecule has 0 bridgehead atoms. The van der Waals surface area contributed by atoms with Crippen molar-refractivity contribution in [3.63, 3.8) is 0 Å². The van der Waals surface area contributed by atoms with Gasteiger partial charge in [0.1, 0.15) is 5.76 Å². The van der Waals surface area contributed by atoms with E-state index in [9.17, 15) is 19.5 Å². The van der Waals surface area contributed by atoms with Crippen LogP contribution in [-0.4, -0.2) is 27.9 Å². The van der Waals surface area contributed by atoms with Crippen LogP contribution in [0.4, 0.5) is 5.69 Å². The number of aliphatic carboxylic acids is 1. The molecule has 1 amide bonds. The van der Waals surface area contributed by atoms with Crippen LogP contribution in [0.1, 0.15) is 22.7 Å². The Kier molecular flexibility index (Phi) is 5.37. The van der Waals surface area contributed by atoms with Crippen LogP contribution < -0.4 is 4.90 Å². The van der Waals surface area contributed by atoms with Gasteiger partial charge in [-0.15, -0.1) is 0 Å². The maximum absolute atomic E-state index is 13.0. The minimum Gasteiger partial charge on any atom is -0.507 e. The van der Waals surface area contributed by atoms with Gasteiger partial charge < -0.3 is 10.2 Å². The highest BCUT2D eigenvalue weighted by Gasteiger charge is 2.46. The smallest absolute Gasteiger partial charge is 0.307 e. The van der Waals surface area contributed by atoms with Gasteiger partial charge in [0.25, 0.3) is 11.7 Å². The van der Waals surface area contributed by atoms with E-state index >= 15 is 0 Å². The number of carboxylic acids is 1. The Morgan fingerprint density at radius 3 is 1.97 bits per heavy atom. The van der Waals surface area contributed by atoms with Crippen molar-refractivity contribution in [2.75, 3.05) is 4.90 Å². The Hall–Kier alpha value is -4.19. The average Bonchev–Trinajstić information content (AvgIpc) is 3.05. The van der Waals surface area contributed by atoms with Gasteiger partial charge in [0, 0.05) is 11.3 Å². The van der Waals surface area contributed by atoms with Gasteiger partial charge in [-0.1, -0.05) is 72.8 Å². The first-order chi connectivity index (χ1) is 15.0. The van der Waals surface area contributed by atoms with Crippen LogP contribution >= 0.6 is 0 Å². The highest BCUT2D eigenvalue weighted by Crippen LogP contribution is 2.42. The van der Waals surface area contributed by atoms with E-state index in [1.54, 1.807) is 78.9 Å². The second-order valence-corrected chi connectivity index (χ2v) is 7.18. The number of carbonyl (C=O) groups excluding carboxylic acids is 2. The molecule has 6 nitrogen and oxygen atoms in total. The molecule has 1 saturated heterocycles. The molecular weight excluding hydrogens is 394 g/mol. The van der Waals surface area contributed by atoms with Crippen molar-refractivity contribution >= 4 is 29.1 Å². The fourth-order valence-electron chi connectivity index (χ4n) is 3.75. The number of anilines is 1. The maximum atomic E-state index is 13.0. The fourth-order valence-corrected chi connectivity index (χ4v) is 3.75. The summed E-state index contributed by atoms with van der Waals surface area (Å²) in [4.78, 5) is 38.3. The third-order valence-corrected chi connectivity index (χ3v) is 5.18. The molecule has 1 unspecified atom stereocenters. The van der Waals surface area contributed by atoms with Crippen LogP contribution in [0, 0.1) is 0 Å². The van der Waals surface area contributed by atoms with Gasteiger partial charge in [0.05, 0.1) is 18.0 Å². The van der Waals surface area contributed by atoms with E-state index in [-0.39, 0.29) is 17.8 Å². The van der Waals surface area contributed by atoms with E-state index in [4.69, 9.17) is 5.11 Å². The predicted molar refractivity (Wildman–Crippen MR) is 115 cm³/mol.